The summed E-state index contributed by atoms with van der Waals surface area (Å²) in [5, 5.41) is 17.7. The predicted molar refractivity (Wildman–Crippen MR) is 136 cm³/mol. The lowest BCUT2D eigenvalue weighted by Gasteiger charge is -2.11. The molecule has 3 N–H and O–H groups in total. The van der Waals surface area contributed by atoms with Gasteiger partial charge in [-0.3, -0.25) is 15.1 Å². The fourth-order valence-electron chi connectivity index (χ4n) is 4.24. The number of H-pyrrole nitrogens is 2. The zero-order chi connectivity index (χ0) is 22.4. The molecule has 0 aliphatic heterocycles. The first-order chi connectivity index (χ1) is 16.2. The van der Waals surface area contributed by atoms with Gasteiger partial charge in [0.25, 0.3) is 0 Å². The van der Waals surface area contributed by atoms with Crippen LogP contribution in [0.15, 0.2) is 71.9 Å². The number of aromatic nitrogens is 5. The van der Waals surface area contributed by atoms with Crippen LogP contribution in [0.1, 0.15) is 13.8 Å². The summed E-state index contributed by atoms with van der Waals surface area (Å²) in [6.45, 7) is 4.24. The molecule has 0 saturated heterocycles. The summed E-state index contributed by atoms with van der Waals surface area (Å²) in [5.74, 6) is 0. The van der Waals surface area contributed by atoms with Crippen LogP contribution in [0, 0.1) is 0 Å². The number of pyridine rings is 2. The quantitative estimate of drug-likeness (QED) is 0.272. The number of nitrogens with one attached hydrogen (secondary N) is 3. The average Bonchev–Trinajstić information content (AvgIpc) is 3.57. The topological polar surface area (TPSA) is 82.3 Å². The standard InChI is InChI=1S/C26H22N6S/c1-15(2)29-19-7-18(10-27-11-19)16-3-4-23-21(8-16)26(32-31-23)24-9-20-22(17-5-6-33-14-17)12-28-13-25(20)30-24/h3-15,29-30H,1-2H3,(H,31,32). The zero-order valence-electron chi connectivity index (χ0n) is 18.3. The van der Waals surface area contributed by atoms with Gasteiger partial charge in [-0.15, -0.1) is 0 Å². The smallest absolute Gasteiger partial charge is 0.116 e. The van der Waals surface area contributed by atoms with E-state index in [4.69, 9.17) is 0 Å². The normalized spacial score (nSPS) is 11.6. The first-order valence-corrected chi connectivity index (χ1v) is 11.8. The highest BCUT2D eigenvalue weighted by atomic mass is 32.1. The Morgan fingerprint density at radius 1 is 0.848 bits per heavy atom. The highest BCUT2D eigenvalue weighted by molar-refractivity contribution is 7.08. The summed E-state index contributed by atoms with van der Waals surface area (Å²) in [4.78, 5) is 12.4. The molecule has 0 amide bonds. The summed E-state index contributed by atoms with van der Waals surface area (Å²) < 4.78 is 0. The molecule has 0 unspecified atom stereocenters. The molecule has 0 fully saturated rings. The van der Waals surface area contributed by atoms with Crippen molar-refractivity contribution in [3.05, 3.63) is 71.9 Å². The molecule has 0 atom stereocenters. The Hall–Kier alpha value is -3.97. The van der Waals surface area contributed by atoms with Crippen molar-refractivity contribution in [3.8, 4) is 33.6 Å². The lowest BCUT2D eigenvalue weighted by Crippen LogP contribution is -2.09. The second-order valence-corrected chi connectivity index (χ2v) is 9.22. The molecule has 0 aliphatic carbocycles. The lowest BCUT2D eigenvalue weighted by molar-refractivity contribution is 0.898. The number of hydrogen-bond acceptors (Lipinski definition) is 5. The number of hydrogen-bond donors (Lipinski definition) is 3. The van der Waals surface area contributed by atoms with Gasteiger partial charge in [-0.25, -0.2) is 0 Å². The summed E-state index contributed by atoms with van der Waals surface area (Å²) in [6.07, 6.45) is 7.55. The van der Waals surface area contributed by atoms with Gasteiger partial charge >= 0.3 is 0 Å². The fraction of sp³-hybridized carbons (Fsp3) is 0.115. The van der Waals surface area contributed by atoms with Gasteiger partial charge in [-0.05, 0) is 66.1 Å². The minimum atomic E-state index is 0.348. The van der Waals surface area contributed by atoms with Crippen LogP contribution >= 0.6 is 11.3 Å². The third-order valence-corrected chi connectivity index (χ3v) is 6.41. The summed E-state index contributed by atoms with van der Waals surface area (Å²) in [7, 11) is 0. The van der Waals surface area contributed by atoms with Crippen molar-refractivity contribution >= 4 is 38.8 Å². The maximum absolute atomic E-state index is 4.64. The second kappa shape index (κ2) is 7.86. The van der Waals surface area contributed by atoms with E-state index in [2.05, 4.69) is 91.5 Å². The highest BCUT2D eigenvalue weighted by Crippen LogP contribution is 2.35. The maximum atomic E-state index is 4.64. The SMILES string of the molecule is CC(C)Nc1cncc(-c2ccc3[nH]nc(-c4cc5c(-c6ccsc6)cncc5[nH]4)c3c2)c1. The Morgan fingerprint density at radius 3 is 2.61 bits per heavy atom. The Balaban J connectivity index is 1.45. The van der Waals surface area contributed by atoms with E-state index in [9.17, 15) is 0 Å². The fourth-order valence-corrected chi connectivity index (χ4v) is 4.89. The lowest BCUT2D eigenvalue weighted by atomic mass is 10.0. The Morgan fingerprint density at radius 2 is 1.76 bits per heavy atom. The molecule has 5 aromatic heterocycles. The minimum Gasteiger partial charge on any atom is -0.382 e. The largest absolute Gasteiger partial charge is 0.382 e. The summed E-state index contributed by atoms with van der Waals surface area (Å²) in [6, 6.07) is 13.1. The number of rotatable bonds is 5. The summed E-state index contributed by atoms with van der Waals surface area (Å²) in [5.41, 5.74) is 9.33. The van der Waals surface area contributed by atoms with Crippen LogP contribution in [0.4, 0.5) is 5.69 Å². The van der Waals surface area contributed by atoms with Crippen molar-refractivity contribution in [1.82, 2.24) is 25.1 Å². The molecule has 0 radical (unpaired) electrons. The molecule has 6 nitrogen and oxygen atoms in total. The van der Waals surface area contributed by atoms with Gasteiger partial charge in [0.1, 0.15) is 5.69 Å². The van der Waals surface area contributed by atoms with E-state index in [1.54, 1.807) is 11.3 Å². The molecule has 0 saturated carbocycles. The van der Waals surface area contributed by atoms with E-state index >= 15 is 0 Å². The van der Waals surface area contributed by atoms with Crippen LogP contribution in [0.2, 0.25) is 0 Å². The molecule has 0 bridgehead atoms. The van der Waals surface area contributed by atoms with Crippen molar-refractivity contribution in [2.45, 2.75) is 19.9 Å². The first kappa shape index (κ1) is 19.7. The van der Waals surface area contributed by atoms with Crippen molar-refractivity contribution in [1.29, 1.82) is 0 Å². The molecule has 6 rings (SSSR count). The Bertz CT molecular complexity index is 1580. The van der Waals surface area contributed by atoms with Gasteiger partial charge in [0.15, 0.2) is 0 Å². The number of nitrogens with zero attached hydrogens (tertiary/aromatic N) is 3. The molecular formula is C26H22N6S. The number of fused-ring (bicyclic) bond motifs is 2. The molecule has 33 heavy (non-hydrogen) atoms. The molecule has 0 spiro atoms. The van der Waals surface area contributed by atoms with Crippen molar-refractivity contribution < 1.29 is 0 Å². The van der Waals surface area contributed by atoms with Crippen LogP contribution in [-0.2, 0) is 0 Å². The third-order valence-electron chi connectivity index (χ3n) is 5.72. The summed E-state index contributed by atoms with van der Waals surface area (Å²) >= 11 is 1.69. The van der Waals surface area contributed by atoms with E-state index < -0.39 is 0 Å². The van der Waals surface area contributed by atoms with E-state index in [0.29, 0.717) is 6.04 Å². The van der Waals surface area contributed by atoms with Crippen LogP contribution in [0.5, 0.6) is 0 Å². The third kappa shape index (κ3) is 3.56. The predicted octanol–water partition coefficient (Wildman–Crippen LogP) is 6.72. The van der Waals surface area contributed by atoms with Crippen molar-refractivity contribution in [3.63, 3.8) is 0 Å². The molecule has 7 heteroatoms. The van der Waals surface area contributed by atoms with Gasteiger partial charge in [0, 0.05) is 46.5 Å². The van der Waals surface area contributed by atoms with Gasteiger partial charge in [0.2, 0.25) is 0 Å². The minimum absolute atomic E-state index is 0.348. The number of thiophene rings is 1. The number of aromatic amines is 2. The Kier molecular flexibility index (Phi) is 4.69. The van der Waals surface area contributed by atoms with Crippen LogP contribution < -0.4 is 5.32 Å². The number of anilines is 1. The van der Waals surface area contributed by atoms with Gasteiger partial charge in [-0.1, -0.05) is 6.07 Å². The van der Waals surface area contributed by atoms with Gasteiger partial charge < -0.3 is 10.3 Å². The average molecular weight is 451 g/mol. The van der Waals surface area contributed by atoms with E-state index in [0.717, 1.165) is 55.6 Å². The van der Waals surface area contributed by atoms with E-state index in [-0.39, 0.29) is 0 Å². The Labute approximate surface area is 194 Å². The molecule has 5 heterocycles. The maximum Gasteiger partial charge on any atom is 0.116 e. The van der Waals surface area contributed by atoms with Gasteiger partial charge in [0.05, 0.1) is 28.6 Å². The van der Waals surface area contributed by atoms with Crippen LogP contribution in [0.3, 0.4) is 0 Å². The van der Waals surface area contributed by atoms with E-state index in [1.807, 2.05) is 24.8 Å². The molecule has 6 aromatic rings. The van der Waals surface area contributed by atoms with Crippen molar-refractivity contribution in [2.75, 3.05) is 5.32 Å². The van der Waals surface area contributed by atoms with Crippen LogP contribution in [0.25, 0.3) is 55.4 Å². The van der Waals surface area contributed by atoms with Gasteiger partial charge in [-0.2, -0.15) is 16.4 Å². The van der Waals surface area contributed by atoms with E-state index in [1.165, 1.54) is 5.56 Å². The van der Waals surface area contributed by atoms with Crippen LogP contribution in [-0.4, -0.2) is 31.2 Å². The molecule has 1 aromatic carbocycles. The molecule has 162 valence electrons. The monoisotopic (exact) mass is 450 g/mol. The number of benzene rings is 1. The molecular weight excluding hydrogens is 428 g/mol. The highest BCUT2D eigenvalue weighted by Gasteiger charge is 2.15. The second-order valence-electron chi connectivity index (χ2n) is 8.44. The first-order valence-electron chi connectivity index (χ1n) is 10.9. The van der Waals surface area contributed by atoms with Crippen molar-refractivity contribution in [2.24, 2.45) is 0 Å². The molecule has 0 aliphatic rings. The zero-order valence-corrected chi connectivity index (χ0v) is 19.1.